The van der Waals surface area contributed by atoms with Crippen LogP contribution in [0.4, 0.5) is 0 Å². The van der Waals surface area contributed by atoms with Gasteiger partial charge in [-0.3, -0.25) is 4.79 Å². The number of benzene rings is 1. The molecule has 0 radical (unpaired) electrons. The molecule has 1 amide bonds. The highest BCUT2D eigenvalue weighted by Crippen LogP contribution is 2.27. The molecule has 0 aliphatic carbocycles. The standard InChI is InChI=1S/C19H20N2O2S/c22-19(20-9-4-5-10-20)17-14-18-16(8-13-24-18)21(17)11-12-23-15-6-2-1-3-7-15/h1-3,6-8,13-14H,4-5,9-12H2. The summed E-state index contributed by atoms with van der Waals surface area (Å²) in [6.45, 7) is 2.96. The highest BCUT2D eigenvalue weighted by molar-refractivity contribution is 7.17. The van der Waals surface area contributed by atoms with Gasteiger partial charge in [-0.1, -0.05) is 18.2 Å². The van der Waals surface area contributed by atoms with E-state index in [9.17, 15) is 4.79 Å². The van der Waals surface area contributed by atoms with Crippen LogP contribution >= 0.6 is 11.3 Å². The number of carbonyl (C=O) groups excluding carboxylic acids is 1. The summed E-state index contributed by atoms with van der Waals surface area (Å²) in [7, 11) is 0. The van der Waals surface area contributed by atoms with Crippen molar-refractivity contribution in [2.24, 2.45) is 0 Å². The Morgan fingerprint density at radius 1 is 1.12 bits per heavy atom. The second-order valence-corrected chi connectivity index (χ2v) is 6.96. The smallest absolute Gasteiger partial charge is 0.270 e. The molecular formula is C19H20N2O2S. The number of rotatable bonds is 5. The first-order valence-corrected chi connectivity index (χ1v) is 9.25. The average Bonchev–Trinajstić information content (AvgIpc) is 3.33. The number of nitrogens with zero attached hydrogens (tertiary/aromatic N) is 2. The number of fused-ring (bicyclic) bond motifs is 1. The molecule has 124 valence electrons. The number of thiophene rings is 1. The van der Waals surface area contributed by atoms with Gasteiger partial charge in [-0.2, -0.15) is 0 Å². The van der Waals surface area contributed by atoms with Crippen LogP contribution in [-0.2, 0) is 6.54 Å². The Bertz CT molecular complexity index is 832. The van der Waals surface area contributed by atoms with Crippen LogP contribution in [0.1, 0.15) is 23.3 Å². The zero-order valence-electron chi connectivity index (χ0n) is 13.5. The number of hydrogen-bond acceptors (Lipinski definition) is 3. The lowest BCUT2D eigenvalue weighted by Crippen LogP contribution is -2.30. The number of likely N-dealkylation sites (tertiary alicyclic amines) is 1. The summed E-state index contributed by atoms with van der Waals surface area (Å²) in [6.07, 6.45) is 2.22. The maximum Gasteiger partial charge on any atom is 0.270 e. The molecule has 3 aromatic rings. The Labute approximate surface area is 145 Å². The molecule has 1 saturated heterocycles. The van der Waals surface area contributed by atoms with E-state index in [1.54, 1.807) is 11.3 Å². The molecule has 0 spiro atoms. The fourth-order valence-corrected chi connectivity index (χ4v) is 4.07. The molecule has 1 aliphatic rings. The van der Waals surface area contributed by atoms with Crippen LogP contribution in [0.5, 0.6) is 5.75 Å². The molecule has 0 atom stereocenters. The second kappa shape index (κ2) is 6.69. The lowest BCUT2D eigenvalue weighted by molar-refractivity contribution is 0.0781. The van der Waals surface area contributed by atoms with Gasteiger partial charge >= 0.3 is 0 Å². The zero-order valence-corrected chi connectivity index (χ0v) is 14.3. The lowest BCUT2D eigenvalue weighted by atomic mass is 10.3. The van der Waals surface area contributed by atoms with Crippen molar-refractivity contribution in [2.75, 3.05) is 19.7 Å². The molecule has 2 aromatic heterocycles. The topological polar surface area (TPSA) is 34.5 Å². The normalized spacial score (nSPS) is 14.4. The minimum absolute atomic E-state index is 0.149. The van der Waals surface area contributed by atoms with E-state index in [0.717, 1.165) is 47.6 Å². The van der Waals surface area contributed by atoms with Gasteiger partial charge in [0.1, 0.15) is 18.1 Å². The summed E-state index contributed by atoms with van der Waals surface area (Å²) >= 11 is 1.68. The first-order chi connectivity index (χ1) is 11.8. The summed E-state index contributed by atoms with van der Waals surface area (Å²) in [5.74, 6) is 1.01. The van der Waals surface area contributed by atoms with Crippen LogP contribution in [0.25, 0.3) is 10.2 Å². The Morgan fingerprint density at radius 3 is 2.71 bits per heavy atom. The average molecular weight is 340 g/mol. The number of carbonyl (C=O) groups is 1. The van der Waals surface area contributed by atoms with Gasteiger partial charge in [-0.15, -0.1) is 11.3 Å². The minimum Gasteiger partial charge on any atom is -0.492 e. The van der Waals surface area contributed by atoms with Crippen molar-refractivity contribution in [3.8, 4) is 5.75 Å². The third-order valence-corrected chi connectivity index (χ3v) is 5.32. The van der Waals surface area contributed by atoms with Crippen molar-refractivity contribution >= 4 is 27.5 Å². The molecule has 1 aromatic carbocycles. The quantitative estimate of drug-likeness (QED) is 0.703. The molecule has 4 rings (SSSR count). The van der Waals surface area contributed by atoms with Crippen molar-refractivity contribution in [2.45, 2.75) is 19.4 Å². The van der Waals surface area contributed by atoms with E-state index in [1.165, 1.54) is 0 Å². The molecule has 0 bridgehead atoms. The molecule has 3 heterocycles. The Kier molecular flexibility index (Phi) is 4.26. The van der Waals surface area contributed by atoms with Crippen molar-refractivity contribution in [3.05, 3.63) is 53.5 Å². The highest BCUT2D eigenvalue weighted by atomic mass is 32.1. The van der Waals surface area contributed by atoms with Gasteiger partial charge in [0.2, 0.25) is 0 Å². The van der Waals surface area contributed by atoms with E-state index in [2.05, 4.69) is 16.0 Å². The van der Waals surface area contributed by atoms with E-state index in [4.69, 9.17) is 4.74 Å². The monoisotopic (exact) mass is 340 g/mol. The highest BCUT2D eigenvalue weighted by Gasteiger charge is 2.24. The van der Waals surface area contributed by atoms with Crippen LogP contribution in [0.15, 0.2) is 47.8 Å². The summed E-state index contributed by atoms with van der Waals surface area (Å²) in [5, 5.41) is 2.07. The Hall–Kier alpha value is -2.27. The molecule has 5 heteroatoms. The maximum atomic E-state index is 12.8. The van der Waals surface area contributed by atoms with Crippen LogP contribution < -0.4 is 4.74 Å². The van der Waals surface area contributed by atoms with Gasteiger partial charge in [0.05, 0.1) is 16.8 Å². The van der Waals surface area contributed by atoms with E-state index < -0.39 is 0 Å². The zero-order chi connectivity index (χ0) is 16.4. The van der Waals surface area contributed by atoms with E-state index in [-0.39, 0.29) is 5.91 Å². The maximum absolute atomic E-state index is 12.8. The Balaban J connectivity index is 1.55. The molecular weight excluding hydrogens is 320 g/mol. The lowest BCUT2D eigenvalue weighted by Gasteiger charge is -2.17. The third kappa shape index (κ3) is 2.91. The predicted molar refractivity (Wildman–Crippen MR) is 96.9 cm³/mol. The molecule has 1 fully saturated rings. The van der Waals surface area contributed by atoms with E-state index in [0.29, 0.717) is 13.2 Å². The summed E-state index contributed by atoms with van der Waals surface area (Å²) in [5.41, 5.74) is 1.91. The molecule has 0 saturated carbocycles. The van der Waals surface area contributed by atoms with E-state index in [1.807, 2.05) is 41.3 Å². The van der Waals surface area contributed by atoms with Crippen LogP contribution in [0.2, 0.25) is 0 Å². The summed E-state index contributed by atoms with van der Waals surface area (Å²) in [4.78, 5) is 14.8. The van der Waals surface area contributed by atoms with Gasteiger partial charge in [0, 0.05) is 13.1 Å². The number of para-hydroxylation sites is 1. The second-order valence-electron chi connectivity index (χ2n) is 6.01. The number of aromatic nitrogens is 1. The third-order valence-electron chi connectivity index (χ3n) is 4.46. The largest absolute Gasteiger partial charge is 0.492 e. The minimum atomic E-state index is 0.149. The fourth-order valence-electron chi connectivity index (χ4n) is 3.25. The van der Waals surface area contributed by atoms with Crippen molar-refractivity contribution in [3.63, 3.8) is 0 Å². The number of amides is 1. The molecule has 24 heavy (non-hydrogen) atoms. The Morgan fingerprint density at radius 2 is 1.92 bits per heavy atom. The summed E-state index contributed by atoms with van der Waals surface area (Å²) < 4.78 is 9.09. The predicted octanol–water partition coefficient (Wildman–Crippen LogP) is 4.02. The molecule has 4 nitrogen and oxygen atoms in total. The van der Waals surface area contributed by atoms with Gasteiger partial charge < -0.3 is 14.2 Å². The van der Waals surface area contributed by atoms with Gasteiger partial charge in [0.25, 0.3) is 5.91 Å². The van der Waals surface area contributed by atoms with Crippen LogP contribution in [-0.4, -0.2) is 35.1 Å². The first kappa shape index (κ1) is 15.3. The van der Waals surface area contributed by atoms with Crippen molar-refractivity contribution in [1.82, 2.24) is 9.47 Å². The van der Waals surface area contributed by atoms with E-state index >= 15 is 0 Å². The number of ether oxygens (including phenoxy) is 1. The van der Waals surface area contributed by atoms with Gasteiger partial charge in [-0.25, -0.2) is 0 Å². The fraction of sp³-hybridized carbons (Fsp3) is 0.316. The van der Waals surface area contributed by atoms with Gasteiger partial charge in [-0.05, 0) is 42.5 Å². The summed E-state index contributed by atoms with van der Waals surface area (Å²) in [6, 6.07) is 13.9. The number of hydrogen-bond donors (Lipinski definition) is 0. The van der Waals surface area contributed by atoms with Gasteiger partial charge in [0.15, 0.2) is 0 Å². The molecule has 0 unspecified atom stereocenters. The SMILES string of the molecule is O=C(c1cc2sccc2n1CCOc1ccccc1)N1CCCC1. The van der Waals surface area contributed by atoms with Crippen LogP contribution in [0.3, 0.4) is 0 Å². The molecule has 1 aliphatic heterocycles. The van der Waals surface area contributed by atoms with Crippen molar-refractivity contribution in [1.29, 1.82) is 0 Å². The first-order valence-electron chi connectivity index (χ1n) is 8.37. The van der Waals surface area contributed by atoms with Crippen molar-refractivity contribution < 1.29 is 9.53 Å². The molecule has 0 N–H and O–H groups in total. The van der Waals surface area contributed by atoms with Crippen LogP contribution in [0, 0.1) is 0 Å².